The lowest BCUT2D eigenvalue weighted by Gasteiger charge is -2.33. The molecule has 0 saturated carbocycles. The van der Waals surface area contributed by atoms with Gasteiger partial charge in [0.15, 0.2) is 0 Å². The second kappa shape index (κ2) is 6.94. The van der Waals surface area contributed by atoms with Gasteiger partial charge in [0.2, 0.25) is 11.8 Å². The Kier molecular flexibility index (Phi) is 4.75. The largest absolute Gasteiger partial charge is 0.356 e. The first-order valence-electron chi connectivity index (χ1n) is 8.23. The van der Waals surface area contributed by atoms with Gasteiger partial charge in [-0.2, -0.15) is 0 Å². The molecule has 0 spiro atoms. The van der Waals surface area contributed by atoms with Crippen LogP contribution in [0.4, 0.5) is 0 Å². The van der Waals surface area contributed by atoms with Crippen molar-refractivity contribution >= 4 is 11.8 Å². The number of carbonyl (C=O) groups excluding carboxylic acids is 2. The standard InChI is InChI=1S/C16H24N4O2/c21-15-2-1-13(11-19-15)10-16(22)20-7-3-12(4-8-20)9-14-17-5-6-18-14/h5-6,12-13H,1-4,7-11H2,(H,17,18)(H,19,21). The lowest BCUT2D eigenvalue weighted by molar-refractivity contribution is -0.134. The molecule has 2 amide bonds. The van der Waals surface area contributed by atoms with Gasteiger partial charge in [-0.25, -0.2) is 4.98 Å². The van der Waals surface area contributed by atoms with Gasteiger partial charge in [-0.1, -0.05) is 0 Å². The van der Waals surface area contributed by atoms with Crippen LogP contribution in [-0.2, 0) is 16.0 Å². The molecule has 22 heavy (non-hydrogen) atoms. The molecule has 3 rings (SSSR count). The fraction of sp³-hybridized carbons (Fsp3) is 0.688. The number of nitrogens with zero attached hydrogens (tertiary/aromatic N) is 2. The first-order chi connectivity index (χ1) is 10.7. The van der Waals surface area contributed by atoms with Crippen LogP contribution in [-0.4, -0.2) is 46.3 Å². The summed E-state index contributed by atoms with van der Waals surface area (Å²) in [6.07, 6.45) is 8.69. The summed E-state index contributed by atoms with van der Waals surface area (Å²) in [6.45, 7) is 2.35. The van der Waals surface area contributed by atoms with E-state index in [1.807, 2.05) is 11.1 Å². The van der Waals surface area contributed by atoms with Gasteiger partial charge in [-0.3, -0.25) is 9.59 Å². The van der Waals surface area contributed by atoms with Crippen LogP contribution in [0.15, 0.2) is 12.4 Å². The van der Waals surface area contributed by atoms with Crippen LogP contribution in [0.1, 0.15) is 37.9 Å². The Balaban J connectivity index is 1.41. The number of piperidine rings is 2. The number of likely N-dealkylation sites (tertiary alicyclic amines) is 1. The molecule has 0 bridgehead atoms. The quantitative estimate of drug-likeness (QED) is 0.874. The molecule has 1 aromatic heterocycles. The van der Waals surface area contributed by atoms with E-state index in [9.17, 15) is 9.59 Å². The number of aromatic amines is 1. The summed E-state index contributed by atoms with van der Waals surface area (Å²) in [7, 11) is 0. The number of hydrogen-bond donors (Lipinski definition) is 2. The predicted molar refractivity (Wildman–Crippen MR) is 81.9 cm³/mol. The minimum Gasteiger partial charge on any atom is -0.356 e. The van der Waals surface area contributed by atoms with Gasteiger partial charge in [0.25, 0.3) is 0 Å². The third-order valence-corrected chi connectivity index (χ3v) is 4.83. The Morgan fingerprint density at radius 2 is 2.09 bits per heavy atom. The number of carbonyl (C=O) groups is 2. The molecule has 3 heterocycles. The number of nitrogens with one attached hydrogen (secondary N) is 2. The summed E-state index contributed by atoms with van der Waals surface area (Å²) in [5, 5.41) is 2.85. The van der Waals surface area contributed by atoms with Gasteiger partial charge < -0.3 is 15.2 Å². The highest BCUT2D eigenvalue weighted by molar-refractivity contribution is 5.78. The third kappa shape index (κ3) is 3.87. The van der Waals surface area contributed by atoms with Crippen molar-refractivity contribution in [1.82, 2.24) is 20.2 Å². The van der Waals surface area contributed by atoms with Crippen molar-refractivity contribution in [3.8, 4) is 0 Å². The highest BCUT2D eigenvalue weighted by atomic mass is 16.2. The molecule has 6 nitrogen and oxygen atoms in total. The van der Waals surface area contributed by atoms with Crippen molar-refractivity contribution in [2.75, 3.05) is 19.6 Å². The number of amides is 2. The van der Waals surface area contributed by atoms with Crippen molar-refractivity contribution in [2.45, 2.75) is 38.5 Å². The topological polar surface area (TPSA) is 78.1 Å². The molecule has 2 N–H and O–H groups in total. The van der Waals surface area contributed by atoms with Crippen molar-refractivity contribution < 1.29 is 9.59 Å². The predicted octanol–water partition coefficient (Wildman–Crippen LogP) is 1.11. The van der Waals surface area contributed by atoms with Gasteiger partial charge >= 0.3 is 0 Å². The summed E-state index contributed by atoms with van der Waals surface area (Å²) in [4.78, 5) is 32.9. The van der Waals surface area contributed by atoms with Crippen LogP contribution < -0.4 is 5.32 Å². The van der Waals surface area contributed by atoms with E-state index < -0.39 is 0 Å². The van der Waals surface area contributed by atoms with Gasteiger partial charge in [0, 0.05) is 51.3 Å². The van der Waals surface area contributed by atoms with Crippen LogP contribution in [0.25, 0.3) is 0 Å². The summed E-state index contributed by atoms with van der Waals surface area (Å²) >= 11 is 0. The van der Waals surface area contributed by atoms with E-state index in [0.717, 1.165) is 44.6 Å². The van der Waals surface area contributed by atoms with Crippen LogP contribution in [0.3, 0.4) is 0 Å². The first kappa shape index (κ1) is 15.1. The van der Waals surface area contributed by atoms with E-state index in [0.29, 0.717) is 31.2 Å². The zero-order valence-corrected chi connectivity index (χ0v) is 12.9. The second-order valence-electron chi connectivity index (χ2n) is 6.48. The van der Waals surface area contributed by atoms with Crippen molar-refractivity contribution in [2.24, 2.45) is 11.8 Å². The van der Waals surface area contributed by atoms with Crippen molar-refractivity contribution in [1.29, 1.82) is 0 Å². The normalized spacial score (nSPS) is 23.4. The molecule has 120 valence electrons. The second-order valence-corrected chi connectivity index (χ2v) is 6.48. The number of imidazole rings is 1. The maximum absolute atomic E-state index is 12.4. The highest BCUT2D eigenvalue weighted by Crippen LogP contribution is 2.23. The molecule has 0 radical (unpaired) electrons. The molecule has 2 saturated heterocycles. The first-order valence-corrected chi connectivity index (χ1v) is 8.23. The Bertz CT molecular complexity index is 496. The number of hydrogen-bond acceptors (Lipinski definition) is 3. The van der Waals surface area contributed by atoms with Crippen molar-refractivity contribution in [3.63, 3.8) is 0 Å². The average molecular weight is 304 g/mol. The molecule has 0 aliphatic carbocycles. The minimum absolute atomic E-state index is 0.113. The number of aromatic nitrogens is 2. The van der Waals surface area contributed by atoms with Gasteiger partial charge in [-0.15, -0.1) is 0 Å². The van der Waals surface area contributed by atoms with E-state index in [1.54, 1.807) is 6.20 Å². The lowest BCUT2D eigenvalue weighted by atomic mass is 9.91. The molecule has 1 aromatic rings. The molecular formula is C16H24N4O2. The maximum atomic E-state index is 12.4. The SMILES string of the molecule is O=C1CCC(CC(=O)N2CCC(Cc3ncc[nH]3)CC2)CN1. The molecule has 1 atom stereocenters. The average Bonchev–Trinajstić information content (AvgIpc) is 3.03. The monoisotopic (exact) mass is 304 g/mol. The fourth-order valence-corrected chi connectivity index (χ4v) is 3.40. The van der Waals surface area contributed by atoms with E-state index in [1.165, 1.54) is 0 Å². The Hall–Kier alpha value is -1.85. The van der Waals surface area contributed by atoms with Gasteiger partial charge in [0.1, 0.15) is 5.82 Å². The number of H-pyrrole nitrogens is 1. The Labute approximate surface area is 130 Å². The van der Waals surface area contributed by atoms with Gasteiger partial charge in [0.05, 0.1) is 0 Å². The maximum Gasteiger partial charge on any atom is 0.222 e. The molecule has 1 unspecified atom stereocenters. The summed E-state index contributed by atoms with van der Waals surface area (Å²) in [6, 6.07) is 0. The number of rotatable bonds is 4. The molecule has 2 aliphatic rings. The Morgan fingerprint density at radius 3 is 2.73 bits per heavy atom. The van der Waals surface area contributed by atoms with Crippen LogP contribution in [0.2, 0.25) is 0 Å². The van der Waals surface area contributed by atoms with Gasteiger partial charge in [-0.05, 0) is 31.1 Å². The summed E-state index contributed by atoms with van der Waals surface area (Å²) in [5.41, 5.74) is 0. The lowest BCUT2D eigenvalue weighted by Crippen LogP contribution is -2.42. The molecule has 0 aromatic carbocycles. The fourth-order valence-electron chi connectivity index (χ4n) is 3.40. The van der Waals surface area contributed by atoms with Crippen LogP contribution in [0, 0.1) is 11.8 Å². The van der Waals surface area contributed by atoms with E-state index in [-0.39, 0.29) is 11.8 Å². The smallest absolute Gasteiger partial charge is 0.222 e. The van der Waals surface area contributed by atoms with Crippen molar-refractivity contribution in [3.05, 3.63) is 18.2 Å². The van der Waals surface area contributed by atoms with E-state index >= 15 is 0 Å². The molecule has 2 fully saturated rings. The van der Waals surface area contributed by atoms with E-state index in [4.69, 9.17) is 0 Å². The highest BCUT2D eigenvalue weighted by Gasteiger charge is 2.26. The summed E-state index contributed by atoms with van der Waals surface area (Å²) in [5.74, 6) is 2.33. The zero-order chi connectivity index (χ0) is 15.4. The summed E-state index contributed by atoms with van der Waals surface area (Å²) < 4.78 is 0. The van der Waals surface area contributed by atoms with Crippen LogP contribution in [0.5, 0.6) is 0 Å². The Morgan fingerprint density at radius 1 is 1.27 bits per heavy atom. The molecule has 6 heteroatoms. The minimum atomic E-state index is 0.113. The van der Waals surface area contributed by atoms with E-state index in [2.05, 4.69) is 15.3 Å². The van der Waals surface area contributed by atoms with Crippen LogP contribution >= 0.6 is 0 Å². The molecule has 2 aliphatic heterocycles. The zero-order valence-electron chi connectivity index (χ0n) is 12.9. The molecular weight excluding hydrogens is 280 g/mol. The third-order valence-electron chi connectivity index (χ3n) is 4.83.